The average molecular weight is 403 g/mol. The first kappa shape index (κ1) is 16.8. The molecule has 0 bridgehead atoms. The lowest BCUT2D eigenvalue weighted by molar-refractivity contribution is -0.385. The first-order valence-electron chi connectivity index (χ1n) is 7.07. The van der Waals surface area contributed by atoms with Crippen LogP contribution in [0.2, 0.25) is 0 Å². The molecule has 0 aliphatic heterocycles. The molecule has 3 rings (SSSR count). The number of phenolic OH excluding ortho intramolecular Hbond substituents is 1. The Hall–Kier alpha value is -3.07. The van der Waals surface area contributed by atoms with E-state index in [-0.39, 0.29) is 17.0 Å². The highest BCUT2D eigenvalue weighted by Gasteiger charge is 2.13. The molecule has 0 radical (unpaired) electrons. The third kappa shape index (κ3) is 3.26. The van der Waals surface area contributed by atoms with Gasteiger partial charge in [-0.15, -0.1) is 0 Å². The van der Waals surface area contributed by atoms with Gasteiger partial charge >= 0.3 is 0 Å². The van der Waals surface area contributed by atoms with Crippen LogP contribution in [-0.2, 0) is 0 Å². The Labute approximate surface area is 149 Å². The molecule has 0 saturated carbocycles. The summed E-state index contributed by atoms with van der Waals surface area (Å²) in [4.78, 5) is 27.4. The molecular weight excluding hydrogens is 392 g/mol. The fourth-order valence-corrected chi connectivity index (χ4v) is 2.69. The summed E-state index contributed by atoms with van der Waals surface area (Å²) in [6.45, 7) is 1.61. The van der Waals surface area contributed by atoms with E-state index in [1.807, 2.05) is 0 Å². The zero-order valence-corrected chi connectivity index (χ0v) is 14.5. The fourth-order valence-electron chi connectivity index (χ4n) is 2.33. The Morgan fingerprint density at radius 1 is 1.32 bits per heavy atom. The van der Waals surface area contributed by atoms with Gasteiger partial charge in [-0.25, -0.2) is 4.98 Å². The Morgan fingerprint density at radius 2 is 2.08 bits per heavy atom. The molecular formula is C16H11BrN4O4. The summed E-state index contributed by atoms with van der Waals surface area (Å²) in [5, 5.41) is 25.0. The van der Waals surface area contributed by atoms with Crippen LogP contribution >= 0.6 is 15.9 Å². The Kier molecular flexibility index (Phi) is 4.32. The zero-order chi connectivity index (χ0) is 18.1. The van der Waals surface area contributed by atoms with E-state index in [1.54, 1.807) is 25.1 Å². The van der Waals surface area contributed by atoms with Crippen LogP contribution in [0.5, 0.6) is 5.75 Å². The number of halogens is 1. The van der Waals surface area contributed by atoms with Gasteiger partial charge in [-0.05, 0) is 37.3 Å². The number of rotatable bonds is 3. The van der Waals surface area contributed by atoms with Crippen molar-refractivity contribution in [1.82, 2.24) is 9.66 Å². The lowest BCUT2D eigenvalue weighted by atomic mass is 10.2. The molecule has 3 aromatic rings. The van der Waals surface area contributed by atoms with Crippen molar-refractivity contribution in [2.45, 2.75) is 6.92 Å². The Morgan fingerprint density at radius 3 is 2.80 bits per heavy atom. The first-order valence-corrected chi connectivity index (χ1v) is 7.87. The molecule has 0 fully saturated rings. The number of hydrogen-bond donors (Lipinski definition) is 1. The summed E-state index contributed by atoms with van der Waals surface area (Å²) in [6.07, 6.45) is 1.15. The van der Waals surface area contributed by atoms with Gasteiger partial charge in [-0.2, -0.15) is 9.78 Å². The van der Waals surface area contributed by atoms with Crippen molar-refractivity contribution in [3.05, 3.63) is 72.7 Å². The maximum Gasteiger partial charge on any atom is 0.282 e. The van der Waals surface area contributed by atoms with E-state index in [0.717, 1.165) is 15.4 Å². The molecule has 2 aromatic carbocycles. The van der Waals surface area contributed by atoms with Crippen molar-refractivity contribution in [2.75, 3.05) is 0 Å². The van der Waals surface area contributed by atoms with Crippen LogP contribution in [0, 0.1) is 17.0 Å². The number of fused-ring (bicyclic) bond motifs is 1. The van der Waals surface area contributed by atoms with E-state index in [1.165, 1.54) is 18.2 Å². The number of phenols is 1. The lowest BCUT2D eigenvalue weighted by Crippen LogP contribution is -2.20. The van der Waals surface area contributed by atoms with E-state index >= 15 is 0 Å². The minimum atomic E-state index is -0.591. The van der Waals surface area contributed by atoms with Gasteiger partial charge in [-0.3, -0.25) is 14.9 Å². The van der Waals surface area contributed by atoms with Gasteiger partial charge in [0.05, 0.1) is 27.6 Å². The molecule has 0 amide bonds. The average Bonchev–Trinajstić information content (AvgIpc) is 2.55. The number of aryl methyl sites for hydroxylation is 1. The van der Waals surface area contributed by atoms with Crippen LogP contribution < -0.4 is 5.56 Å². The molecule has 126 valence electrons. The highest BCUT2D eigenvalue weighted by atomic mass is 79.9. The molecule has 1 heterocycles. The van der Waals surface area contributed by atoms with Crippen LogP contribution in [0.25, 0.3) is 10.9 Å². The third-order valence-electron chi connectivity index (χ3n) is 3.49. The number of nitro groups is 1. The monoisotopic (exact) mass is 402 g/mol. The first-order chi connectivity index (χ1) is 11.9. The van der Waals surface area contributed by atoms with Gasteiger partial charge in [0.25, 0.3) is 11.2 Å². The number of benzene rings is 2. The molecule has 0 atom stereocenters. The summed E-state index contributed by atoms with van der Waals surface area (Å²) in [5.41, 5.74) is -0.0299. The van der Waals surface area contributed by atoms with Gasteiger partial charge < -0.3 is 5.11 Å². The van der Waals surface area contributed by atoms with Crippen molar-refractivity contribution >= 4 is 38.7 Å². The molecule has 0 aliphatic rings. The van der Waals surface area contributed by atoms with Crippen LogP contribution in [0.3, 0.4) is 0 Å². The van der Waals surface area contributed by atoms with Crippen molar-refractivity contribution in [2.24, 2.45) is 5.10 Å². The highest BCUT2D eigenvalue weighted by molar-refractivity contribution is 9.10. The zero-order valence-electron chi connectivity index (χ0n) is 12.9. The maximum atomic E-state index is 12.6. The van der Waals surface area contributed by atoms with Crippen LogP contribution in [0.4, 0.5) is 5.69 Å². The number of aromatic hydroxyl groups is 1. The van der Waals surface area contributed by atoms with E-state index in [9.17, 15) is 20.0 Å². The second-order valence-corrected chi connectivity index (χ2v) is 6.10. The standard InChI is InChI=1S/C16H11BrN4O4/c1-9-19-14-4-2-11(17)7-13(14)16(23)20(9)18-8-10-6-12(22)3-5-15(10)21(24)25/h2-8,22H,1H3. The normalized spacial score (nSPS) is 11.3. The second kappa shape index (κ2) is 6.44. The maximum absolute atomic E-state index is 12.6. The number of hydrogen-bond acceptors (Lipinski definition) is 6. The smallest absolute Gasteiger partial charge is 0.282 e. The highest BCUT2D eigenvalue weighted by Crippen LogP contribution is 2.22. The van der Waals surface area contributed by atoms with Crippen molar-refractivity contribution in [3.63, 3.8) is 0 Å². The predicted molar refractivity (Wildman–Crippen MR) is 96.2 cm³/mol. The Bertz CT molecular complexity index is 1090. The minimum absolute atomic E-state index is 0.0747. The summed E-state index contributed by atoms with van der Waals surface area (Å²) in [6, 6.07) is 8.70. The quantitative estimate of drug-likeness (QED) is 0.411. The molecule has 25 heavy (non-hydrogen) atoms. The predicted octanol–water partition coefficient (Wildman–Crippen LogP) is 2.96. The molecule has 1 aromatic heterocycles. The van der Waals surface area contributed by atoms with Gasteiger partial charge in [-0.1, -0.05) is 15.9 Å². The topological polar surface area (TPSA) is 111 Å². The second-order valence-electron chi connectivity index (χ2n) is 5.18. The molecule has 1 N–H and O–H groups in total. The third-order valence-corrected chi connectivity index (χ3v) is 3.98. The number of nitro benzene ring substituents is 1. The molecule has 8 nitrogen and oxygen atoms in total. The van der Waals surface area contributed by atoms with Crippen LogP contribution in [0.15, 0.2) is 50.8 Å². The molecule has 0 unspecified atom stereocenters. The molecule has 0 saturated heterocycles. The van der Waals surface area contributed by atoms with E-state index in [4.69, 9.17) is 0 Å². The van der Waals surface area contributed by atoms with Crippen molar-refractivity contribution in [1.29, 1.82) is 0 Å². The van der Waals surface area contributed by atoms with Gasteiger partial charge in [0.15, 0.2) is 0 Å². The molecule has 0 spiro atoms. The van der Waals surface area contributed by atoms with Crippen LogP contribution in [-0.4, -0.2) is 25.9 Å². The largest absolute Gasteiger partial charge is 0.508 e. The van der Waals surface area contributed by atoms with Gasteiger partial charge in [0.1, 0.15) is 11.6 Å². The van der Waals surface area contributed by atoms with E-state index in [0.29, 0.717) is 16.7 Å². The fraction of sp³-hybridized carbons (Fsp3) is 0.0625. The lowest BCUT2D eigenvalue weighted by Gasteiger charge is -2.06. The van der Waals surface area contributed by atoms with Crippen LogP contribution in [0.1, 0.15) is 11.4 Å². The Balaban J connectivity index is 2.16. The van der Waals surface area contributed by atoms with Crippen molar-refractivity contribution in [3.8, 4) is 5.75 Å². The van der Waals surface area contributed by atoms with Crippen molar-refractivity contribution < 1.29 is 10.0 Å². The summed E-state index contributed by atoms with van der Waals surface area (Å²) in [5.74, 6) is 0.190. The summed E-state index contributed by atoms with van der Waals surface area (Å²) >= 11 is 3.30. The van der Waals surface area contributed by atoms with E-state index in [2.05, 4.69) is 26.0 Å². The van der Waals surface area contributed by atoms with Gasteiger partial charge in [0.2, 0.25) is 0 Å². The molecule has 9 heteroatoms. The minimum Gasteiger partial charge on any atom is -0.508 e. The molecule has 0 aliphatic carbocycles. The number of nitrogens with zero attached hydrogens (tertiary/aromatic N) is 4. The SMILES string of the molecule is Cc1nc2ccc(Br)cc2c(=O)n1N=Cc1cc(O)ccc1[N+](=O)[O-]. The summed E-state index contributed by atoms with van der Waals surface area (Å²) in [7, 11) is 0. The van der Waals surface area contributed by atoms with Gasteiger partial charge in [0, 0.05) is 10.5 Å². The van der Waals surface area contributed by atoms with E-state index < -0.39 is 10.5 Å². The number of aromatic nitrogens is 2. The summed E-state index contributed by atoms with van der Waals surface area (Å²) < 4.78 is 1.78.